The van der Waals surface area contributed by atoms with Crippen molar-refractivity contribution < 1.29 is 8.78 Å². The summed E-state index contributed by atoms with van der Waals surface area (Å²) in [5.74, 6) is -1.57. The molecule has 1 aromatic carbocycles. The van der Waals surface area contributed by atoms with E-state index in [2.05, 4.69) is 15.0 Å². The maximum Gasteiger partial charge on any atom is 0.227 e. The molecule has 4 nitrogen and oxygen atoms in total. The molecule has 0 unspecified atom stereocenters. The van der Waals surface area contributed by atoms with Gasteiger partial charge in [0.25, 0.3) is 0 Å². The van der Waals surface area contributed by atoms with Crippen molar-refractivity contribution >= 4 is 17.5 Å². The fourth-order valence-corrected chi connectivity index (χ4v) is 1.48. The normalized spacial score (nSPS) is 10.6. The number of halogens is 3. The lowest BCUT2D eigenvalue weighted by molar-refractivity contribution is 0.579. The zero-order valence-electron chi connectivity index (χ0n) is 8.71. The molecule has 2 aromatic rings. The van der Waals surface area contributed by atoms with Crippen molar-refractivity contribution in [2.45, 2.75) is 6.92 Å². The minimum atomic E-state index is -0.783. The van der Waals surface area contributed by atoms with Gasteiger partial charge in [-0.15, -0.1) is 0 Å². The van der Waals surface area contributed by atoms with E-state index in [0.717, 1.165) is 6.07 Å². The summed E-state index contributed by atoms with van der Waals surface area (Å²) in [6.07, 6.45) is 0. The molecule has 0 saturated carbocycles. The van der Waals surface area contributed by atoms with Crippen LogP contribution in [0.15, 0.2) is 12.1 Å². The summed E-state index contributed by atoms with van der Waals surface area (Å²) in [5.41, 5.74) is 5.67. The SMILES string of the molecule is Cc1cc(-c2nc(N)nc(Cl)n2)c(F)cc1F. The summed E-state index contributed by atoms with van der Waals surface area (Å²) < 4.78 is 26.6. The summed E-state index contributed by atoms with van der Waals surface area (Å²) in [5, 5.41) is -0.145. The zero-order valence-corrected chi connectivity index (χ0v) is 9.46. The number of rotatable bonds is 1. The number of anilines is 1. The van der Waals surface area contributed by atoms with Crippen LogP contribution in [0, 0.1) is 18.6 Å². The summed E-state index contributed by atoms with van der Waals surface area (Å²) in [4.78, 5) is 11.0. The molecule has 0 atom stereocenters. The van der Waals surface area contributed by atoms with Crippen LogP contribution in [0.2, 0.25) is 5.28 Å². The quantitative estimate of drug-likeness (QED) is 0.851. The largest absolute Gasteiger partial charge is 0.368 e. The Morgan fingerprint density at radius 3 is 2.47 bits per heavy atom. The Kier molecular flexibility index (Phi) is 2.89. The number of nitrogens with zero attached hydrogens (tertiary/aromatic N) is 3. The molecule has 0 radical (unpaired) electrons. The van der Waals surface area contributed by atoms with Crippen molar-refractivity contribution in [1.82, 2.24) is 15.0 Å². The van der Waals surface area contributed by atoms with Gasteiger partial charge in [0.15, 0.2) is 5.82 Å². The second-order valence-electron chi connectivity index (χ2n) is 3.37. The molecule has 17 heavy (non-hydrogen) atoms. The van der Waals surface area contributed by atoms with Gasteiger partial charge in [0.05, 0.1) is 5.56 Å². The molecule has 2 N–H and O–H groups in total. The van der Waals surface area contributed by atoms with Crippen LogP contribution in [-0.2, 0) is 0 Å². The number of aryl methyl sites for hydroxylation is 1. The Morgan fingerprint density at radius 2 is 1.82 bits per heavy atom. The lowest BCUT2D eigenvalue weighted by Crippen LogP contribution is -2.01. The first-order valence-corrected chi connectivity index (χ1v) is 4.98. The van der Waals surface area contributed by atoms with Gasteiger partial charge >= 0.3 is 0 Å². The van der Waals surface area contributed by atoms with Gasteiger partial charge in [-0.25, -0.2) is 8.78 Å². The standard InChI is InChI=1S/C10H7ClF2N4/c1-4-2-5(7(13)3-6(4)12)8-15-9(11)17-10(14)16-8/h2-3H,1H3,(H2,14,15,16,17). The van der Waals surface area contributed by atoms with Crippen LogP contribution in [0.4, 0.5) is 14.7 Å². The first-order valence-electron chi connectivity index (χ1n) is 4.60. The van der Waals surface area contributed by atoms with E-state index in [-0.39, 0.29) is 28.2 Å². The lowest BCUT2D eigenvalue weighted by atomic mass is 10.1. The van der Waals surface area contributed by atoms with Gasteiger partial charge in [0.2, 0.25) is 11.2 Å². The fourth-order valence-electron chi connectivity index (χ4n) is 1.31. The van der Waals surface area contributed by atoms with E-state index in [1.54, 1.807) is 0 Å². The first-order chi connectivity index (χ1) is 7.97. The van der Waals surface area contributed by atoms with Crippen molar-refractivity contribution in [2.24, 2.45) is 0 Å². The van der Waals surface area contributed by atoms with Gasteiger partial charge in [-0.2, -0.15) is 15.0 Å². The molecular formula is C10H7ClF2N4. The van der Waals surface area contributed by atoms with E-state index in [1.165, 1.54) is 13.0 Å². The van der Waals surface area contributed by atoms with Crippen molar-refractivity contribution in [3.8, 4) is 11.4 Å². The average Bonchev–Trinajstić information content (AvgIpc) is 2.22. The minimum absolute atomic E-state index is 0.0249. The number of hydrogen-bond donors (Lipinski definition) is 1. The third-order valence-corrected chi connectivity index (χ3v) is 2.28. The molecule has 0 fully saturated rings. The zero-order chi connectivity index (χ0) is 12.6. The summed E-state index contributed by atoms with van der Waals surface area (Å²) in [6.45, 7) is 1.50. The highest BCUT2D eigenvalue weighted by atomic mass is 35.5. The molecule has 1 heterocycles. The van der Waals surface area contributed by atoms with Crippen LogP contribution in [0.25, 0.3) is 11.4 Å². The van der Waals surface area contributed by atoms with Crippen molar-refractivity contribution in [3.63, 3.8) is 0 Å². The van der Waals surface area contributed by atoms with Gasteiger partial charge in [0.1, 0.15) is 11.6 Å². The van der Waals surface area contributed by atoms with Crippen LogP contribution in [0.1, 0.15) is 5.56 Å². The monoisotopic (exact) mass is 256 g/mol. The van der Waals surface area contributed by atoms with Crippen molar-refractivity contribution in [1.29, 1.82) is 0 Å². The van der Waals surface area contributed by atoms with Gasteiger partial charge in [-0.05, 0) is 30.2 Å². The number of aromatic nitrogens is 3. The number of benzene rings is 1. The third-order valence-electron chi connectivity index (χ3n) is 2.11. The maximum absolute atomic E-state index is 13.6. The average molecular weight is 257 g/mol. The van der Waals surface area contributed by atoms with Crippen LogP contribution in [-0.4, -0.2) is 15.0 Å². The Labute approximate surface area is 100 Å². The maximum atomic E-state index is 13.6. The number of nitrogen functional groups attached to an aromatic ring is 1. The molecule has 0 amide bonds. The van der Waals surface area contributed by atoms with E-state index in [1.807, 2.05) is 0 Å². The second kappa shape index (κ2) is 4.21. The molecule has 0 bridgehead atoms. The molecule has 2 rings (SSSR count). The molecule has 7 heteroatoms. The molecule has 0 saturated heterocycles. The highest BCUT2D eigenvalue weighted by Gasteiger charge is 2.13. The third kappa shape index (κ3) is 2.31. The predicted molar refractivity (Wildman–Crippen MR) is 59.3 cm³/mol. The highest BCUT2D eigenvalue weighted by molar-refractivity contribution is 6.28. The van der Waals surface area contributed by atoms with Crippen molar-refractivity contribution in [3.05, 3.63) is 34.6 Å². The molecule has 0 aliphatic carbocycles. The second-order valence-corrected chi connectivity index (χ2v) is 3.71. The summed E-state index contributed by atoms with van der Waals surface area (Å²) >= 11 is 5.58. The molecule has 0 spiro atoms. The van der Waals surface area contributed by atoms with Gasteiger partial charge in [-0.1, -0.05) is 0 Å². The van der Waals surface area contributed by atoms with Gasteiger partial charge in [-0.3, -0.25) is 0 Å². The number of nitrogens with two attached hydrogens (primary N) is 1. The van der Waals surface area contributed by atoms with Crippen molar-refractivity contribution in [2.75, 3.05) is 5.73 Å². The van der Waals surface area contributed by atoms with E-state index in [0.29, 0.717) is 0 Å². The fraction of sp³-hybridized carbons (Fsp3) is 0.100. The number of hydrogen-bond acceptors (Lipinski definition) is 4. The van der Waals surface area contributed by atoms with E-state index >= 15 is 0 Å². The minimum Gasteiger partial charge on any atom is -0.368 e. The Bertz CT molecular complexity index is 569. The topological polar surface area (TPSA) is 64.7 Å². The highest BCUT2D eigenvalue weighted by Crippen LogP contribution is 2.23. The van der Waals surface area contributed by atoms with Gasteiger partial charge in [0, 0.05) is 6.07 Å². The van der Waals surface area contributed by atoms with Crippen LogP contribution < -0.4 is 5.73 Å². The van der Waals surface area contributed by atoms with E-state index in [4.69, 9.17) is 17.3 Å². The van der Waals surface area contributed by atoms with Crippen LogP contribution in [0.3, 0.4) is 0 Å². The van der Waals surface area contributed by atoms with E-state index in [9.17, 15) is 8.78 Å². The Morgan fingerprint density at radius 1 is 1.12 bits per heavy atom. The Balaban J connectivity index is 2.64. The smallest absolute Gasteiger partial charge is 0.227 e. The molecule has 0 aliphatic heterocycles. The predicted octanol–water partition coefficient (Wildman–Crippen LogP) is 2.36. The summed E-state index contributed by atoms with van der Waals surface area (Å²) in [7, 11) is 0. The van der Waals surface area contributed by atoms with Gasteiger partial charge < -0.3 is 5.73 Å². The Hall–Kier alpha value is -1.82. The first kappa shape index (κ1) is 11.7. The molecule has 0 aliphatic rings. The molecule has 1 aromatic heterocycles. The summed E-state index contributed by atoms with van der Waals surface area (Å²) in [6, 6.07) is 2.05. The lowest BCUT2D eigenvalue weighted by Gasteiger charge is -2.05. The van der Waals surface area contributed by atoms with Crippen LogP contribution in [0.5, 0.6) is 0 Å². The van der Waals surface area contributed by atoms with E-state index < -0.39 is 11.6 Å². The van der Waals surface area contributed by atoms with Crippen LogP contribution >= 0.6 is 11.6 Å². The molecule has 88 valence electrons. The molecular weight excluding hydrogens is 250 g/mol.